The van der Waals surface area contributed by atoms with Crippen molar-refractivity contribution in [1.29, 1.82) is 0 Å². The Morgan fingerprint density at radius 3 is 2.83 bits per heavy atom. The fourth-order valence-corrected chi connectivity index (χ4v) is 2.86. The van der Waals surface area contributed by atoms with Gasteiger partial charge >= 0.3 is 0 Å². The quantitative estimate of drug-likeness (QED) is 0.558. The van der Waals surface area contributed by atoms with Crippen molar-refractivity contribution in [3.05, 3.63) is 67.1 Å². The number of nitrogens with zero attached hydrogens (tertiary/aromatic N) is 3. The molecule has 0 saturated carbocycles. The van der Waals surface area contributed by atoms with E-state index in [2.05, 4.69) is 34.9 Å². The first kappa shape index (κ1) is 13.5. The molecule has 0 bridgehead atoms. The van der Waals surface area contributed by atoms with Crippen LogP contribution in [-0.4, -0.2) is 14.8 Å². The normalized spacial score (nSPS) is 11.0. The number of fused-ring (bicyclic) bond motifs is 1. The zero-order chi connectivity index (χ0) is 15.8. The molecule has 4 rings (SSSR count). The van der Waals surface area contributed by atoms with Crippen LogP contribution in [0.25, 0.3) is 39.7 Å². The van der Waals surface area contributed by atoms with Gasteiger partial charge in [0.25, 0.3) is 0 Å². The molecule has 0 saturated heterocycles. The maximum absolute atomic E-state index is 5.40. The zero-order valence-electron chi connectivity index (χ0n) is 12.7. The van der Waals surface area contributed by atoms with Crippen LogP contribution in [0.5, 0.6) is 0 Å². The minimum absolute atomic E-state index is 0.595. The molecule has 2 aromatic heterocycles. The van der Waals surface area contributed by atoms with Gasteiger partial charge in [0.15, 0.2) is 0 Å². The van der Waals surface area contributed by atoms with E-state index in [1.807, 2.05) is 42.1 Å². The van der Waals surface area contributed by atoms with Crippen LogP contribution in [0, 0.1) is 0 Å². The first-order valence-corrected chi connectivity index (χ1v) is 7.36. The smallest absolute Gasteiger partial charge is 0.226 e. The molecule has 0 aliphatic carbocycles. The van der Waals surface area contributed by atoms with E-state index < -0.39 is 0 Å². The van der Waals surface area contributed by atoms with Crippen LogP contribution in [0.3, 0.4) is 0 Å². The zero-order valence-corrected chi connectivity index (χ0v) is 12.7. The predicted octanol–water partition coefficient (Wildman–Crippen LogP) is 4.54. The van der Waals surface area contributed by atoms with E-state index in [-0.39, 0.29) is 0 Å². The summed E-state index contributed by atoms with van der Waals surface area (Å²) in [5.41, 5.74) is 5.02. The second-order valence-corrected chi connectivity index (χ2v) is 5.33. The van der Waals surface area contributed by atoms with Crippen LogP contribution in [0.1, 0.15) is 5.56 Å². The third-order valence-electron chi connectivity index (χ3n) is 3.97. The van der Waals surface area contributed by atoms with Gasteiger partial charge in [-0.25, -0.2) is 4.98 Å². The lowest BCUT2D eigenvalue weighted by Crippen LogP contribution is -1.90. The van der Waals surface area contributed by atoms with E-state index >= 15 is 0 Å². The van der Waals surface area contributed by atoms with Gasteiger partial charge < -0.3 is 4.42 Å². The number of oxazole rings is 1. The summed E-state index contributed by atoms with van der Waals surface area (Å²) in [4.78, 5) is 4.22. The summed E-state index contributed by atoms with van der Waals surface area (Å²) in [5.74, 6) is 0.595. The van der Waals surface area contributed by atoms with Crippen LogP contribution < -0.4 is 0 Å². The maximum atomic E-state index is 5.40. The number of rotatable bonds is 3. The summed E-state index contributed by atoms with van der Waals surface area (Å²) in [6.07, 6.45) is 5.03. The number of benzene rings is 2. The van der Waals surface area contributed by atoms with Crippen molar-refractivity contribution in [3.63, 3.8) is 0 Å². The Balaban J connectivity index is 1.91. The van der Waals surface area contributed by atoms with Crippen LogP contribution in [-0.2, 0) is 7.05 Å². The lowest BCUT2D eigenvalue weighted by atomic mass is 10.0. The molecule has 0 N–H and O–H groups in total. The van der Waals surface area contributed by atoms with Crippen molar-refractivity contribution >= 4 is 17.0 Å². The standard InChI is InChI=1S/C19H15N3O/c1-3-13-12-14(8-9-15(13)19-20-10-11-23-19)18-16-6-4-5-7-17(16)22(2)21-18/h3-12H,1H2,2H3. The fourth-order valence-electron chi connectivity index (χ4n) is 2.86. The number of hydrogen-bond acceptors (Lipinski definition) is 3. The van der Waals surface area contributed by atoms with Gasteiger partial charge in [-0.15, -0.1) is 0 Å². The summed E-state index contributed by atoms with van der Waals surface area (Å²) in [6, 6.07) is 14.3. The number of para-hydroxylation sites is 1. The molecule has 0 aliphatic heterocycles. The molecule has 0 radical (unpaired) electrons. The molecule has 0 unspecified atom stereocenters. The largest absolute Gasteiger partial charge is 0.445 e. The van der Waals surface area contributed by atoms with Crippen molar-refractivity contribution in [3.8, 4) is 22.7 Å². The predicted molar refractivity (Wildman–Crippen MR) is 91.7 cm³/mol. The summed E-state index contributed by atoms with van der Waals surface area (Å²) >= 11 is 0. The average Bonchev–Trinajstić information content (AvgIpc) is 3.23. The van der Waals surface area contributed by atoms with E-state index in [0.717, 1.165) is 33.3 Å². The molecule has 2 aromatic carbocycles. The number of aromatic nitrogens is 3. The van der Waals surface area contributed by atoms with Crippen molar-refractivity contribution < 1.29 is 4.42 Å². The Bertz CT molecular complexity index is 997. The lowest BCUT2D eigenvalue weighted by molar-refractivity contribution is 0.574. The van der Waals surface area contributed by atoms with Crippen molar-refractivity contribution in [2.24, 2.45) is 7.05 Å². The molecule has 0 fully saturated rings. The monoisotopic (exact) mass is 301 g/mol. The highest BCUT2D eigenvalue weighted by Crippen LogP contribution is 2.32. The molecule has 0 aliphatic rings. The topological polar surface area (TPSA) is 43.9 Å². The van der Waals surface area contributed by atoms with E-state index in [0.29, 0.717) is 5.89 Å². The Morgan fingerprint density at radius 2 is 2.04 bits per heavy atom. The molecule has 4 nitrogen and oxygen atoms in total. The maximum Gasteiger partial charge on any atom is 0.226 e. The molecule has 0 amide bonds. The van der Waals surface area contributed by atoms with Gasteiger partial charge in [0.1, 0.15) is 12.0 Å². The molecule has 2 heterocycles. The molecule has 0 atom stereocenters. The molecular weight excluding hydrogens is 286 g/mol. The molecule has 23 heavy (non-hydrogen) atoms. The van der Waals surface area contributed by atoms with Crippen molar-refractivity contribution in [2.45, 2.75) is 0 Å². The Labute approximate surface area is 133 Å². The Hall–Kier alpha value is -3.14. The van der Waals surface area contributed by atoms with Crippen LogP contribution in [0.2, 0.25) is 0 Å². The second-order valence-electron chi connectivity index (χ2n) is 5.33. The highest BCUT2D eigenvalue weighted by atomic mass is 16.3. The summed E-state index contributed by atoms with van der Waals surface area (Å²) in [7, 11) is 1.96. The summed E-state index contributed by atoms with van der Waals surface area (Å²) in [5, 5.41) is 5.80. The second kappa shape index (κ2) is 5.25. The fraction of sp³-hybridized carbons (Fsp3) is 0.0526. The molecule has 4 aromatic rings. The lowest BCUT2D eigenvalue weighted by Gasteiger charge is -2.05. The van der Waals surface area contributed by atoms with Gasteiger partial charge in [-0.05, 0) is 23.8 Å². The number of aryl methyl sites for hydroxylation is 1. The van der Waals surface area contributed by atoms with Gasteiger partial charge in [-0.2, -0.15) is 5.10 Å². The molecule has 4 heteroatoms. The third kappa shape index (κ3) is 2.16. The van der Waals surface area contributed by atoms with Gasteiger partial charge in [0.05, 0.1) is 11.7 Å². The molecule has 0 spiro atoms. The SMILES string of the molecule is C=Cc1cc(-c2nn(C)c3ccccc23)ccc1-c1ncco1. The molecular formula is C19H15N3O. The van der Waals surface area contributed by atoms with Crippen LogP contribution in [0.4, 0.5) is 0 Å². The summed E-state index contributed by atoms with van der Waals surface area (Å²) in [6.45, 7) is 3.91. The average molecular weight is 301 g/mol. The van der Waals surface area contributed by atoms with Gasteiger partial charge in [-0.3, -0.25) is 4.68 Å². The van der Waals surface area contributed by atoms with Gasteiger partial charge in [-0.1, -0.05) is 36.9 Å². The first-order valence-electron chi connectivity index (χ1n) is 7.36. The highest BCUT2D eigenvalue weighted by Gasteiger charge is 2.13. The van der Waals surface area contributed by atoms with Crippen LogP contribution in [0.15, 0.2) is 65.9 Å². The molecule has 112 valence electrons. The summed E-state index contributed by atoms with van der Waals surface area (Å²) < 4.78 is 7.31. The van der Waals surface area contributed by atoms with Gasteiger partial charge in [0.2, 0.25) is 5.89 Å². The van der Waals surface area contributed by atoms with Crippen molar-refractivity contribution in [2.75, 3.05) is 0 Å². The highest BCUT2D eigenvalue weighted by molar-refractivity contribution is 5.94. The first-order chi connectivity index (χ1) is 11.3. The minimum Gasteiger partial charge on any atom is -0.445 e. The van der Waals surface area contributed by atoms with Gasteiger partial charge in [0, 0.05) is 23.6 Å². The van der Waals surface area contributed by atoms with Crippen LogP contribution >= 0.6 is 0 Å². The van der Waals surface area contributed by atoms with E-state index in [9.17, 15) is 0 Å². The number of hydrogen-bond donors (Lipinski definition) is 0. The Morgan fingerprint density at radius 1 is 1.17 bits per heavy atom. The van der Waals surface area contributed by atoms with Crippen molar-refractivity contribution in [1.82, 2.24) is 14.8 Å². The minimum atomic E-state index is 0.595. The van der Waals surface area contributed by atoms with E-state index in [1.165, 1.54) is 0 Å². The Kier molecular flexibility index (Phi) is 3.08. The van der Waals surface area contributed by atoms with E-state index in [4.69, 9.17) is 4.42 Å². The third-order valence-corrected chi connectivity index (χ3v) is 3.97. The van der Waals surface area contributed by atoms with E-state index in [1.54, 1.807) is 12.5 Å².